The number of halogens is 1. The van der Waals surface area contributed by atoms with Crippen LogP contribution < -0.4 is 16.0 Å². The van der Waals surface area contributed by atoms with Crippen molar-refractivity contribution in [1.82, 2.24) is 10.3 Å². The lowest BCUT2D eigenvalue weighted by atomic mass is 10.1. The number of hydrogen-bond donors (Lipinski definition) is 3. The number of carbonyl (C=O) groups is 3. The average Bonchev–Trinajstić information content (AvgIpc) is 3.50. The number of aryl methyl sites for hydroxylation is 1. The molecule has 44 heavy (non-hydrogen) atoms. The fraction of sp³-hybridized carbons (Fsp3) is 0.0588. The van der Waals surface area contributed by atoms with Crippen LogP contribution in [0.4, 0.5) is 10.8 Å². The van der Waals surface area contributed by atoms with E-state index < -0.39 is 11.8 Å². The molecule has 3 amide bonds. The molecule has 5 rings (SSSR count). The molecule has 3 N–H and O–H groups in total. The summed E-state index contributed by atoms with van der Waals surface area (Å²) in [7, 11) is 0. The largest absolute Gasteiger partial charge is 0.321 e. The Morgan fingerprint density at radius 3 is 2.39 bits per heavy atom. The molecule has 220 valence electrons. The summed E-state index contributed by atoms with van der Waals surface area (Å²) >= 11 is 6.13. The fourth-order valence-electron chi connectivity index (χ4n) is 4.02. The quantitative estimate of drug-likeness (QED) is 0.102. The Morgan fingerprint density at radius 2 is 1.64 bits per heavy atom. The summed E-state index contributed by atoms with van der Waals surface area (Å²) < 4.78 is 0.899. The van der Waals surface area contributed by atoms with E-state index in [1.165, 1.54) is 28.7 Å². The highest BCUT2D eigenvalue weighted by atomic mass is 79.9. The molecule has 1 aromatic heterocycles. The Balaban J connectivity index is 1.22. The Morgan fingerprint density at radius 1 is 0.886 bits per heavy atom. The van der Waals surface area contributed by atoms with E-state index in [2.05, 4.69) is 36.9 Å². The normalized spacial score (nSPS) is 11.1. The molecular weight excluding hydrogens is 656 g/mol. The van der Waals surface area contributed by atoms with Gasteiger partial charge in [0.25, 0.3) is 11.8 Å². The summed E-state index contributed by atoms with van der Waals surface area (Å²) in [5, 5.41) is 10.9. The molecule has 0 aliphatic rings. The monoisotopic (exact) mass is 682 g/mol. The van der Waals surface area contributed by atoms with Crippen molar-refractivity contribution in [3.05, 3.63) is 135 Å². The van der Waals surface area contributed by atoms with E-state index in [0.29, 0.717) is 16.4 Å². The van der Waals surface area contributed by atoms with Crippen LogP contribution in [0.5, 0.6) is 0 Å². The summed E-state index contributed by atoms with van der Waals surface area (Å²) in [5.41, 5.74) is 4.78. The maximum absolute atomic E-state index is 13.4. The molecule has 0 atom stereocenters. The van der Waals surface area contributed by atoms with Gasteiger partial charge in [0.2, 0.25) is 5.91 Å². The predicted octanol–water partition coefficient (Wildman–Crippen LogP) is 8.02. The lowest BCUT2D eigenvalue weighted by molar-refractivity contribution is -0.114. The predicted molar refractivity (Wildman–Crippen MR) is 183 cm³/mol. The number of nitrogens with zero attached hydrogens (tertiary/aromatic N) is 1. The molecule has 7 nitrogen and oxygen atoms in total. The van der Waals surface area contributed by atoms with Crippen LogP contribution in [-0.4, -0.2) is 28.5 Å². The molecule has 0 fully saturated rings. The second kappa shape index (κ2) is 14.8. The number of nitrogens with one attached hydrogen (secondary N) is 3. The number of carbonyl (C=O) groups excluding carboxylic acids is 3. The Bertz CT molecular complexity index is 1800. The maximum Gasteiger partial charge on any atom is 0.272 e. The van der Waals surface area contributed by atoms with Gasteiger partial charge in [0, 0.05) is 31.6 Å². The van der Waals surface area contributed by atoms with E-state index in [1.807, 2.05) is 73.0 Å². The van der Waals surface area contributed by atoms with Crippen molar-refractivity contribution in [2.75, 3.05) is 16.4 Å². The van der Waals surface area contributed by atoms with Crippen LogP contribution in [0.2, 0.25) is 0 Å². The van der Waals surface area contributed by atoms with Crippen LogP contribution in [0, 0.1) is 6.92 Å². The number of aromatic nitrogens is 1. The van der Waals surface area contributed by atoms with Crippen LogP contribution in [0.1, 0.15) is 21.5 Å². The topological polar surface area (TPSA) is 100 Å². The highest BCUT2D eigenvalue weighted by Gasteiger charge is 2.16. The number of hydrogen-bond acceptors (Lipinski definition) is 6. The van der Waals surface area contributed by atoms with E-state index in [0.717, 1.165) is 26.2 Å². The molecule has 0 unspecified atom stereocenters. The molecule has 0 aliphatic heterocycles. The molecule has 0 saturated heterocycles. The molecule has 10 heteroatoms. The van der Waals surface area contributed by atoms with E-state index in [1.54, 1.807) is 48.5 Å². The van der Waals surface area contributed by atoms with Crippen molar-refractivity contribution in [3.63, 3.8) is 0 Å². The van der Waals surface area contributed by atoms with Gasteiger partial charge in [-0.2, -0.15) is 0 Å². The molecule has 0 radical (unpaired) electrons. The number of rotatable bonds is 10. The first-order valence-electron chi connectivity index (χ1n) is 13.5. The van der Waals surface area contributed by atoms with Crippen molar-refractivity contribution in [2.24, 2.45) is 0 Å². The van der Waals surface area contributed by atoms with E-state index in [4.69, 9.17) is 0 Å². The third-order valence-electron chi connectivity index (χ3n) is 6.27. The van der Waals surface area contributed by atoms with E-state index in [-0.39, 0.29) is 17.4 Å². The summed E-state index contributed by atoms with van der Waals surface area (Å²) in [6.45, 7) is 2.03. The van der Waals surface area contributed by atoms with Crippen LogP contribution in [-0.2, 0) is 9.59 Å². The van der Waals surface area contributed by atoms with Crippen LogP contribution in [0.15, 0.2) is 124 Å². The standard InChI is InChI=1S/C34H27BrN4O3S2/c1-22-10-14-24(15-11-22)30-20-44-34(38-30)39-31(40)21-43-28-9-5-8-27(19-28)36-33(42)29(18-23-12-16-26(35)17-13-23)37-32(41)25-6-3-2-4-7-25/h2-20H,21H2,1H3,(H,36,42)(H,37,41)(H,38,39,40)/b29-18-. The zero-order valence-corrected chi connectivity index (χ0v) is 26.8. The molecule has 0 bridgehead atoms. The van der Waals surface area contributed by atoms with Gasteiger partial charge in [-0.1, -0.05) is 82.2 Å². The molecule has 0 saturated carbocycles. The van der Waals surface area contributed by atoms with Gasteiger partial charge in [-0.3, -0.25) is 14.4 Å². The van der Waals surface area contributed by atoms with E-state index in [9.17, 15) is 14.4 Å². The third kappa shape index (κ3) is 8.76. The lowest BCUT2D eigenvalue weighted by Crippen LogP contribution is -2.30. The maximum atomic E-state index is 13.4. The number of amides is 3. The smallest absolute Gasteiger partial charge is 0.272 e. The Labute approximate surface area is 272 Å². The average molecular weight is 684 g/mol. The van der Waals surface area contributed by atoms with Crippen molar-refractivity contribution in [1.29, 1.82) is 0 Å². The number of anilines is 2. The number of benzene rings is 4. The minimum Gasteiger partial charge on any atom is -0.321 e. The molecule has 1 heterocycles. The van der Waals surface area contributed by atoms with Crippen LogP contribution in [0.3, 0.4) is 0 Å². The minimum absolute atomic E-state index is 0.0899. The molecule has 0 spiro atoms. The Hall–Kier alpha value is -4.51. The summed E-state index contributed by atoms with van der Waals surface area (Å²) in [6.07, 6.45) is 1.62. The van der Waals surface area contributed by atoms with Gasteiger partial charge < -0.3 is 16.0 Å². The Kier molecular flexibility index (Phi) is 10.4. The number of thiazole rings is 1. The highest BCUT2D eigenvalue weighted by Crippen LogP contribution is 2.26. The molecule has 0 aliphatic carbocycles. The zero-order valence-electron chi connectivity index (χ0n) is 23.5. The number of thioether (sulfide) groups is 1. The van der Waals surface area contributed by atoms with Gasteiger partial charge in [0.1, 0.15) is 5.70 Å². The van der Waals surface area contributed by atoms with Crippen molar-refractivity contribution >= 4 is 73.6 Å². The van der Waals surface area contributed by atoms with Crippen molar-refractivity contribution < 1.29 is 14.4 Å². The molecule has 4 aromatic carbocycles. The minimum atomic E-state index is -0.481. The summed E-state index contributed by atoms with van der Waals surface area (Å²) in [4.78, 5) is 44.3. The van der Waals surface area contributed by atoms with Gasteiger partial charge in [0.15, 0.2) is 5.13 Å². The molecule has 5 aromatic rings. The van der Waals surface area contributed by atoms with Gasteiger partial charge >= 0.3 is 0 Å². The first-order valence-corrected chi connectivity index (χ1v) is 16.2. The van der Waals surface area contributed by atoms with Gasteiger partial charge in [-0.15, -0.1) is 23.1 Å². The summed E-state index contributed by atoms with van der Waals surface area (Å²) in [6, 6.07) is 31.3. The lowest BCUT2D eigenvalue weighted by Gasteiger charge is -2.12. The van der Waals surface area contributed by atoms with Crippen molar-refractivity contribution in [3.8, 4) is 11.3 Å². The summed E-state index contributed by atoms with van der Waals surface area (Å²) in [5.74, 6) is -0.896. The second-order valence-electron chi connectivity index (χ2n) is 9.65. The third-order valence-corrected chi connectivity index (χ3v) is 8.55. The first-order chi connectivity index (χ1) is 21.3. The van der Waals surface area contributed by atoms with Crippen LogP contribution >= 0.6 is 39.0 Å². The van der Waals surface area contributed by atoms with Gasteiger partial charge in [0.05, 0.1) is 11.4 Å². The van der Waals surface area contributed by atoms with Gasteiger partial charge in [-0.05, 0) is 61.0 Å². The second-order valence-corrected chi connectivity index (χ2v) is 12.5. The fourth-order valence-corrected chi connectivity index (χ4v) is 5.78. The highest BCUT2D eigenvalue weighted by molar-refractivity contribution is 9.10. The van der Waals surface area contributed by atoms with E-state index >= 15 is 0 Å². The zero-order chi connectivity index (χ0) is 30.9. The molecular formula is C34H27BrN4O3S2. The van der Waals surface area contributed by atoms with Crippen molar-refractivity contribution in [2.45, 2.75) is 11.8 Å². The first kappa shape index (κ1) is 30.9. The SMILES string of the molecule is Cc1ccc(-c2csc(NC(=O)CSc3cccc(NC(=O)/C(=C/c4ccc(Br)cc4)NC(=O)c4ccccc4)c3)n2)cc1. The van der Waals surface area contributed by atoms with Gasteiger partial charge in [-0.25, -0.2) is 4.98 Å². The van der Waals surface area contributed by atoms with Crippen LogP contribution in [0.25, 0.3) is 17.3 Å².